The Morgan fingerprint density at radius 2 is 2.24 bits per heavy atom. The molecule has 2 saturated heterocycles. The van der Waals surface area contributed by atoms with Crippen LogP contribution in [0.2, 0.25) is 0 Å². The van der Waals surface area contributed by atoms with E-state index in [1.165, 1.54) is 4.31 Å². The number of amides is 1. The highest BCUT2D eigenvalue weighted by atomic mass is 32.2. The number of carbonyl (C=O) groups excluding carboxylic acids is 1. The van der Waals surface area contributed by atoms with Crippen LogP contribution < -0.4 is 5.32 Å². The molecule has 2 aliphatic heterocycles. The van der Waals surface area contributed by atoms with Crippen LogP contribution >= 0.6 is 0 Å². The first-order valence-electron chi connectivity index (χ1n) is 8.65. The van der Waals surface area contributed by atoms with E-state index in [0.717, 1.165) is 5.56 Å². The third-order valence-electron chi connectivity index (χ3n) is 4.59. The van der Waals surface area contributed by atoms with Gasteiger partial charge in [0.15, 0.2) is 0 Å². The molecule has 0 spiro atoms. The number of rotatable bonds is 6. The number of pyridine rings is 1. The number of sulfonamides is 1. The van der Waals surface area contributed by atoms with E-state index < -0.39 is 10.0 Å². The fourth-order valence-electron chi connectivity index (χ4n) is 3.48. The smallest absolute Gasteiger partial charge is 0.226 e. The van der Waals surface area contributed by atoms with Crippen molar-refractivity contribution in [1.82, 2.24) is 14.6 Å². The van der Waals surface area contributed by atoms with Gasteiger partial charge in [-0.05, 0) is 24.0 Å². The van der Waals surface area contributed by atoms with E-state index in [2.05, 4.69) is 10.3 Å². The number of nitrogens with zero attached hydrogens (tertiary/aromatic N) is 2. The Hall–Kier alpha value is -1.51. The molecule has 138 valence electrons. The minimum absolute atomic E-state index is 0.0732. The van der Waals surface area contributed by atoms with Crippen molar-refractivity contribution in [3.05, 3.63) is 30.1 Å². The maximum absolute atomic E-state index is 12.5. The van der Waals surface area contributed by atoms with Gasteiger partial charge in [0.1, 0.15) is 0 Å². The number of fused-ring (bicyclic) bond motifs is 2. The summed E-state index contributed by atoms with van der Waals surface area (Å²) in [6.07, 6.45) is 3.40. The maximum atomic E-state index is 12.5. The van der Waals surface area contributed by atoms with Gasteiger partial charge in [0, 0.05) is 32.0 Å². The molecule has 0 aliphatic carbocycles. The molecule has 2 fully saturated rings. The number of nitrogens with one attached hydrogen (secondary N) is 1. The van der Waals surface area contributed by atoms with Crippen LogP contribution in [0.25, 0.3) is 0 Å². The summed E-state index contributed by atoms with van der Waals surface area (Å²) in [5.41, 5.74) is 0.930. The molecule has 1 aromatic heterocycles. The summed E-state index contributed by atoms with van der Waals surface area (Å²) in [5.74, 6) is -0.186. The third kappa shape index (κ3) is 4.37. The Labute approximate surface area is 148 Å². The van der Waals surface area contributed by atoms with Crippen molar-refractivity contribution in [2.45, 2.75) is 39.0 Å². The minimum atomic E-state index is -3.30. The lowest BCUT2D eigenvalue weighted by Crippen LogP contribution is -2.48. The van der Waals surface area contributed by atoms with Crippen LogP contribution in [0, 0.1) is 11.8 Å². The molecule has 1 N–H and O–H groups in total. The van der Waals surface area contributed by atoms with Gasteiger partial charge < -0.3 is 10.1 Å². The van der Waals surface area contributed by atoms with Crippen LogP contribution in [-0.2, 0) is 26.1 Å². The van der Waals surface area contributed by atoms with Gasteiger partial charge in [-0.1, -0.05) is 19.9 Å². The lowest BCUT2D eigenvalue weighted by molar-refractivity contribution is -0.127. The van der Waals surface area contributed by atoms with Crippen molar-refractivity contribution < 1.29 is 17.9 Å². The number of morpholine rings is 1. The predicted octanol–water partition coefficient (Wildman–Crippen LogP) is 0.773. The van der Waals surface area contributed by atoms with Crippen LogP contribution in [0.5, 0.6) is 0 Å². The summed E-state index contributed by atoms with van der Waals surface area (Å²) in [7, 11) is -3.30. The van der Waals surface area contributed by atoms with Gasteiger partial charge in [-0.25, -0.2) is 8.42 Å². The molecule has 1 amide bonds. The zero-order valence-corrected chi connectivity index (χ0v) is 15.4. The van der Waals surface area contributed by atoms with Gasteiger partial charge in [-0.3, -0.25) is 9.78 Å². The van der Waals surface area contributed by atoms with Gasteiger partial charge in [0.25, 0.3) is 0 Å². The molecule has 2 aliphatic rings. The third-order valence-corrected chi connectivity index (χ3v) is 6.76. The van der Waals surface area contributed by atoms with Gasteiger partial charge in [-0.2, -0.15) is 4.31 Å². The predicted molar refractivity (Wildman–Crippen MR) is 93.0 cm³/mol. The summed E-state index contributed by atoms with van der Waals surface area (Å²) < 4.78 is 32.3. The largest absolute Gasteiger partial charge is 0.371 e. The van der Waals surface area contributed by atoms with E-state index in [0.29, 0.717) is 19.5 Å². The number of hydrogen-bond acceptors (Lipinski definition) is 5. The maximum Gasteiger partial charge on any atom is 0.226 e. The second-order valence-electron chi connectivity index (χ2n) is 7.21. The van der Waals surface area contributed by atoms with E-state index >= 15 is 0 Å². The zero-order valence-electron chi connectivity index (χ0n) is 14.6. The van der Waals surface area contributed by atoms with Crippen molar-refractivity contribution >= 4 is 15.9 Å². The monoisotopic (exact) mass is 367 g/mol. The molecule has 3 rings (SSSR count). The van der Waals surface area contributed by atoms with Crippen molar-refractivity contribution in [2.24, 2.45) is 11.8 Å². The first-order chi connectivity index (χ1) is 11.8. The molecule has 25 heavy (non-hydrogen) atoms. The van der Waals surface area contributed by atoms with E-state index in [1.54, 1.807) is 12.4 Å². The number of hydrogen-bond donors (Lipinski definition) is 1. The molecule has 1 aromatic rings. The van der Waals surface area contributed by atoms with Crippen molar-refractivity contribution in [2.75, 3.05) is 18.8 Å². The molecule has 8 heteroatoms. The standard InChI is InChI=1S/C17H25N3O4S/c1-12(2)11-25(22,23)20-9-14-6-15(16(10-20)24-14)17(21)19-8-13-4-3-5-18-7-13/h3-5,7,12,14-16H,6,8-11H2,1-2H3,(H,19,21)/t14-,15+,16-/m1/s1. The molecular formula is C17H25N3O4S. The Kier molecular flexibility index (Phi) is 5.41. The van der Waals surface area contributed by atoms with Gasteiger partial charge >= 0.3 is 0 Å². The van der Waals surface area contributed by atoms with Gasteiger partial charge in [0.05, 0.1) is 23.9 Å². The number of carbonyl (C=O) groups is 1. The van der Waals surface area contributed by atoms with E-state index in [9.17, 15) is 13.2 Å². The molecular weight excluding hydrogens is 342 g/mol. The molecule has 3 atom stereocenters. The van der Waals surface area contributed by atoms with E-state index in [4.69, 9.17) is 4.74 Å². The first-order valence-corrected chi connectivity index (χ1v) is 10.3. The first kappa shape index (κ1) is 18.3. The fraction of sp³-hybridized carbons (Fsp3) is 0.647. The molecule has 0 radical (unpaired) electrons. The second-order valence-corrected chi connectivity index (χ2v) is 9.22. The summed E-state index contributed by atoms with van der Waals surface area (Å²) in [5, 5.41) is 2.91. The van der Waals surface area contributed by atoms with Crippen LogP contribution in [0.3, 0.4) is 0 Å². The number of aromatic nitrogens is 1. The summed E-state index contributed by atoms with van der Waals surface area (Å²) >= 11 is 0. The lowest BCUT2D eigenvalue weighted by atomic mass is 9.99. The Balaban J connectivity index is 1.60. The normalized spacial score (nSPS) is 26.8. The molecule has 2 bridgehead atoms. The second kappa shape index (κ2) is 7.39. The number of ether oxygens (including phenoxy) is 1. The van der Waals surface area contributed by atoms with E-state index in [-0.39, 0.29) is 42.2 Å². The SMILES string of the molecule is CC(C)CS(=O)(=O)N1C[C@H]2C[C@H](C(=O)NCc3cccnc3)[C@@H](C1)O2. The molecule has 7 nitrogen and oxygen atoms in total. The summed E-state index contributed by atoms with van der Waals surface area (Å²) in [6, 6.07) is 3.72. The average molecular weight is 367 g/mol. The zero-order chi connectivity index (χ0) is 18.0. The van der Waals surface area contributed by atoms with Crippen molar-refractivity contribution in [3.8, 4) is 0 Å². The van der Waals surface area contributed by atoms with Gasteiger partial charge in [0.2, 0.25) is 15.9 Å². The molecule has 0 saturated carbocycles. The Bertz CT molecular complexity index is 708. The minimum Gasteiger partial charge on any atom is -0.371 e. The van der Waals surface area contributed by atoms with Crippen LogP contribution in [0.1, 0.15) is 25.8 Å². The highest BCUT2D eigenvalue weighted by molar-refractivity contribution is 7.89. The average Bonchev–Trinajstić information content (AvgIpc) is 2.86. The van der Waals surface area contributed by atoms with Crippen LogP contribution in [-0.4, -0.2) is 54.7 Å². The van der Waals surface area contributed by atoms with Crippen LogP contribution in [0.4, 0.5) is 0 Å². The van der Waals surface area contributed by atoms with Crippen LogP contribution in [0.15, 0.2) is 24.5 Å². The summed E-state index contributed by atoms with van der Waals surface area (Å²) in [6.45, 7) is 4.80. The molecule has 0 unspecified atom stereocenters. The highest BCUT2D eigenvalue weighted by Gasteiger charge is 2.47. The van der Waals surface area contributed by atoms with E-state index in [1.807, 2.05) is 26.0 Å². The Morgan fingerprint density at radius 3 is 2.92 bits per heavy atom. The summed E-state index contributed by atoms with van der Waals surface area (Å²) in [4.78, 5) is 16.5. The molecule has 3 heterocycles. The Morgan fingerprint density at radius 1 is 1.44 bits per heavy atom. The fourth-order valence-corrected chi connectivity index (χ4v) is 5.30. The molecule has 0 aromatic carbocycles. The lowest BCUT2D eigenvalue weighted by Gasteiger charge is -2.32. The van der Waals surface area contributed by atoms with Crippen molar-refractivity contribution in [1.29, 1.82) is 0 Å². The van der Waals surface area contributed by atoms with Crippen molar-refractivity contribution in [3.63, 3.8) is 0 Å². The highest BCUT2D eigenvalue weighted by Crippen LogP contribution is 2.33. The van der Waals surface area contributed by atoms with Gasteiger partial charge in [-0.15, -0.1) is 0 Å². The quantitative estimate of drug-likeness (QED) is 0.802. The topological polar surface area (TPSA) is 88.6 Å².